The van der Waals surface area contributed by atoms with Gasteiger partial charge in [0.25, 0.3) is 5.56 Å². The first-order chi connectivity index (χ1) is 14.4. The predicted octanol–water partition coefficient (Wildman–Crippen LogP) is 2.99. The number of rotatable bonds is 2. The van der Waals surface area contributed by atoms with Crippen LogP contribution in [0.3, 0.4) is 0 Å². The summed E-state index contributed by atoms with van der Waals surface area (Å²) in [4.78, 5) is 29.4. The Kier molecular flexibility index (Phi) is 4.93. The Morgan fingerprint density at radius 2 is 2.03 bits per heavy atom. The number of pyridine rings is 1. The number of aromatic amines is 1. The number of hydrogen-bond donors (Lipinski definition) is 3. The second kappa shape index (κ2) is 7.57. The van der Waals surface area contributed by atoms with Crippen molar-refractivity contribution < 1.29 is 13.6 Å². The normalized spacial score (nSPS) is 15.3. The summed E-state index contributed by atoms with van der Waals surface area (Å²) in [5.74, 6) is -1.19. The van der Waals surface area contributed by atoms with E-state index in [2.05, 4.69) is 15.6 Å². The molecule has 3 aromatic rings. The molecule has 3 N–H and O–H groups in total. The minimum atomic E-state index is -0.670. The number of hydrogen-bond acceptors (Lipinski definition) is 4. The minimum absolute atomic E-state index is 0.175. The third-order valence-electron chi connectivity index (χ3n) is 5.20. The molecule has 30 heavy (non-hydrogen) atoms. The van der Waals surface area contributed by atoms with Gasteiger partial charge < -0.3 is 20.5 Å². The lowest BCUT2D eigenvalue weighted by molar-refractivity contribution is 0.200. The van der Waals surface area contributed by atoms with Crippen molar-refractivity contribution in [3.05, 3.63) is 75.2 Å². The van der Waals surface area contributed by atoms with Crippen LogP contribution in [0, 0.1) is 23.0 Å². The fourth-order valence-electron chi connectivity index (χ4n) is 3.70. The van der Waals surface area contributed by atoms with Gasteiger partial charge in [-0.3, -0.25) is 4.79 Å². The number of nitriles is 1. The van der Waals surface area contributed by atoms with E-state index in [9.17, 15) is 18.4 Å². The molecule has 1 aliphatic heterocycles. The monoisotopic (exact) mass is 409 g/mol. The Labute approximate surface area is 169 Å². The lowest BCUT2D eigenvalue weighted by Crippen LogP contribution is -2.43. The summed E-state index contributed by atoms with van der Waals surface area (Å²) < 4.78 is 27.2. The maximum Gasteiger partial charge on any atom is 0.322 e. The molecule has 0 spiro atoms. The van der Waals surface area contributed by atoms with Crippen molar-refractivity contribution in [3.63, 3.8) is 0 Å². The Morgan fingerprint density at radius 1 is 1.23 bits per heavy atom. The van der Waals surface area contributed by atoms with Crippen molar-refractivity contribution in [1.82, 2.24) is 15.2 Å². The van der Waals surface area contributed by atoms with Gasteiger partial charge in [-0.25, -0.2) is 13.6 Å². The van der Waals surface area contributed by atoms with Gasteiger partial charge in [0.1, 0.15) is 17.7 Å². The number of urea groups is 1. The molecule has 9 heteroatoms. The Morgan fingerprint density at radius 3 is 2.80 bits per heavy atom. The van der Waals surface area contributed by atoms with Crippen molar-refractivity contribution in [2.75, 3.05) is 18.9 Å². The first-order valence-corrected chi connectivity index (χ1v) is 9.17. The Hall–Kier alpha value is -3.77. The lowest BCUT2D eigenvalue weighted by Gasteiger charge is -2.34. The SMILES string of the molecule is CN(C(=O)Nc1ccc(F)c(C#N)c1)[C@@H]1CNCc2[nH]c(=O)c3cc(F)ccc3c21. The Bertz CT molecular complexity index is 1260. The fraction of sp³-hybridized carbons (Fsp3) is 0.190. The summed E-state index contributed by atoms with van der Waals surface area (Å²) in [7, 11) is 1.59. The van der Waals surface area contributed by atoms with Crippen molar-refractivity contribution in [3.8, 4) is 6.07 Å². The van der Waals surface area contributed by atoms with Gasteiger partial charge in [-0.15, -0.1) is 0 Å². The van der Waals surface area contributed by atoms with E-state index in [0.717, 1.165) is 11.6 Å². The van der Waals surface area contributed by atoms with Crippen molar-refractivity contribution in [2.24, 2.45) is 0 Å². The molecule has 152 valence electrons. The van der Waals surface area contributed by atoms with E-state index in [0.29, 0.717) is 24.2 Å². The van der Waals surface area contributed by atoms with Gasteiger partial charge in [-0.05, 0) is 35.7 Å². The average Bonchev–Trinajstić information content (AvgIpc) is 2.74. The van der Waals surface area contributed by atoms with Gasteiger partial charge in [0, 0.05) is 37.1 Å². The summed E-state index contributed by atoms with van der Waals surface area (Å²) in [6.07, 6.45) is 0. The van der Waals surface area contributed by atoms with Crippen LogP contribution in [0.1, 0.15) is 22.9 Å². The van der Waals surface area contributed by atoms with Gasteiger partial charge in [-0.2, -0.15) is 5.26 Å². The number of nitrogens with one attached hydrogen (secondary N) is 3. The number of fused-ring (bicyclic) bond motifs is 3. The number of anilines is 1. The molecule has 2 aromatic carbocycles. The number of aromatic nitrogens is 1. The Balaban J connectivity index is 1.70. The minimum Gasteiger partial charge on any atom is -0.324 e. The molecule has 0 radical (unpaired) electrons. The van der Waals surface area contributed by atoms with Gasteiger partial charge in [0.2, 0.25) is 0 Å². The lowest BCUT2D eigenvalue weighted by atomic mass is 9.94. The predicted molar refractivity (Wildman–Crippen MR) is 107 cm³/mol. The molecule has 0 saturated carbocycles. The largest absolute Gasteiger partial charge is 0.324 e. The van der Waals surface area contributed by atoms with Crippen LogP contribution < -0.4 is 16.2 Å². The third kappa shape index (κ3) is 3.38. The van der Waals surface area contributed by atoms with Gasteiger partial charge in [-0.1, -0.05) is 6.07 Å². The molecule has 4 rings (SSSR count). The summed E-state index contributed by atoms with van der Waals surface area (Å²) in [5, 5.41) is 15.6. The first kappa shape index (κ1) is 19.5. The highest BCUT2D eigenvalue weighted by Gasteiger charge is 2.30. The molecule has 0 unspecified atom stereocenters. The van der Waals surface area contributed by atoms with E-state index in [1.165, 1.54) is 29.2 Å². The molecule has 1 aromatic heterocycles. The van der Waals surface area contributed by atoms with Crippen LogP contribution in [0.15, 0.2) is 41.2 Å². The molecule has 2 heterocycles. The van der Waals surface area contributed by atoms with Crippen molar-refractivity contribution >= 4 is 22.5 Å². The van der Waals surface area contributed by atoms with Crippen LogP contribution in [-0.2, 0) is 6.54 Å². The summed E-state index contributed by atoms with van der Waals surface area (Å²) in [6, 6.07) is 8.53. The van der Waals surface area contributed by atoms with Crippen LogP contribution in [0.2, 0.25) is 0 Å². The fourth-order valence-corrected chi connectivity index (χ4v) is 3.70. The molecule has 7 nitrogen and oxygen atoms in total. The van der Waals surface area contributed by atoms with Crippen LogP contribution in [0.4, 0.5) is 19.3 Å². The van der Waals surface area contributed by atoms with E-state index < -0.39 is 29.3 Å². The van der Waals surface area contributed by atoms with Crippen LogP contribution in [0.25, 0.3) is 10.8 Å². The van der Waals surface area contributed by atoms with Crippen LogP contribution in [-0.4, -0.2) is 29.5 Å². The van der Waals surface area contributed by atoms with Gasteiger partial charge in [0.05, 0.1) is 17.0 Å². The summed E-state index contributed by atoms with van der Waals surface area (Å²) in [6.45, 7) is 0.829. The highest BCUT2D eigenvalue weighted by atomic mass is 19.1. The molecule has 0 bridgehead atoms. The highest BCUT2D eigenvalue weighted by Crippen LogP contribution is 2.31. The number of likely N-dealkylation sites (N-methyl/N-ethyl adjacent to an activating group) is 1. The molecular weight excluding hydrogens is 392 g/mol. The second-order valence-electron chi connectivity index (χ2n) is 7.03. The number of benzene rings is 2. The number of carbonyl (C=O) groups is 1. The van der Waals surface area contributed by atoms with E-state index in [4.69, 9.17) is 5.26 Å². The number of H-pyrrole nitrogens is 1. The number of carbonyl (C=O) groups excluding carboxylic acids is 1. The van der Waals surface area contributed by atoms with E-state index >= 15 is 0 Å². The van der Waals surface area contributed by atoms with E-state index in [1.807, 2.05) is 0 Å². The first-order valence-electron chi connectivity index (χ1n) is 9.17. The zero-order valence-electron chi connectivity index (χ0n) is 15.9. The summed E-state index contributed by atoms with van der Waals surface area (Å²) >= 11 is 0. The molecule has 1 atom stereocenters. The van der Waals surface area contributed by atoms with Gasteiger partial charge >= 0.3 is 6.03 Å². The van der Waals surface area contributed by atoms with Crippen LogP contribution in [0.5, 0.6) is 0 Å². The molecular formula is C21H17F2N5O2. The molecule has 2 amide bonds. The van der Waals surface area contributed by atoms with E-state index in [1.54, 1.807) is 19.2 Å². The number of halogens is 2. The molecule has 1 aliphatic rings. The zero-order chi connectivity index (χ0) is 21.4. The average molecular weight is 409 g/mol. The third-order valence-corrected chi connectivity index (χ3v) is 5.20. The van der Waals surface area contributed by atoms with Gasteiger partial charge in [0.15, 0.2) is 0 Å². The maximum atomic E-state index is 13.7. The molecule has 0 aliphatic carbocycles. The standard InChI is InChI=1S/C21H17F2N5O2/c1-28(21(30)26-13-3-5-16(23)11(6-13)8-24)18-10-25-9-17-19(18)14-4-2-12(22)7-15(14)20(29)27-17/h2-7,18,25H,9-10H2,1H3,(H,26,30)(H,27,29)/t18-/m1/s1. The summed E-state index contributed by atoms with van der Waals surface area (Å²) in [5.41, 5.74) is 1.07. The number of nitrogens with zero attached hydrogens (tertiary/aromatic N) is 2. The van der Waals surface area contributed by atoms with Crippen molar-refractivity contribution in [1.29, 1.82) is 5.26 Å². The maximum absolute atomic E-state index is 13.7. The molecule has 0 saturated heterocycles. The zero-order valence-corrected chi connectivity index (χ0v) is 15.9. The highest BCUT2D eigenvalue weighted by molar-refractivity contribution is 5.91. The molecule has 0 fully saturated rings. The van der Waals surface area contributed by atoms with Crippen molar-refractivity contribution in [2.45, 2.75) is 12.6 Å². The second-order valence-corrected chi connectivity index (χ2v) is 7.03. The number of amides is 2. The smallest absolute Gasteiger partial charge is 0.322 e. The quantitative estimate of drug-likeness (QED) is 0.606. The topological polar surface area (TPSA) is 101 Å². The van der Waals surface area contributed by atoms with E-state index in [-0.39, 0.29) is 16.6 Å². The van der Waals surface area contributed by atoms with Crippen LogP contribution >= 0.6 is 0 Å².